The molecule has 0 rings (SSSR count). The summed E-state index contributed by atoms with van der Waals surface area (Å²) in [6.45, 7) is 4.87. The van der Waals surface area contributed by atoms with Crippen LogP contribution in [0.3, 0.4) is 0 Å². The first-order valence-corrected chi connectivity index (χ1v) is 30.3. The Morgan fingerprint density at radius 1 is 0.412 bits per heavy atom. The van der Waals surface area contributed by atoms with Gasteiger partial charge in [-0.05, 0) is 70.6 Å². The maximum Gasteiger partial charge on any atom is 0.305 e. The van der Waals surface area contributed by atoms with Crippen molar-refractivity contribution >= 4 is 11.9 Å². The number of hydrogen-bond donors (Lipinski definition) is 3. The van der Waals surface area contributed by atoms with Crippen molar-refractivity contribution in [2.24, 2.45) is 0 Å². The second kappa shape index (κ2) is 57.7. The Morgan fingerprint density at radius 2 is 0.735 bits per heavy atom. The van der Waals surface area contributed by atoms with Gasteiger partial charge in [0.05, 0.1) is 25.4 Å². The van der Waals surface area contributed by atoms with Gasteiger partial charge in [0.15, 0.2) is 0 Å². The van der Waals surface area contributed by atoms with Gasteiger partial charge in [-0.1, -0.05) is 275 Å². The summed E-state index contributed by atoms with van der Waals surface area (Å²) in [5.74, 6) is -0.0981. The zero-order valence-corrected chi connectivity index (χ0v) is 45.6. The molecule has 0 aromatic heterocycles. The lowest BCUT2D eigenvalue weighted by atomic mass is 10.0. The van der Waals surface area contributed by atoms with Gasteiger partial charge in [-0.2, -0.15) is 0 Å². The Kier molecular flexibility index (Phi) is 56.0. The quantitative estimate of drug-likeness (QED) is 0.0321. The third-order valence-electron chi connectivity index (χ3n) is 13.9. The third kappa shape index (κ3) is 53.4. The molecule has 0 aliphatic rings. The van der Waals surface area contributed by atoms with Crippen LogP contribution in [-0.4, -0.2) is 47.4 Å². The highest BCUT2D eigenvalue weighted by molar-refractivity contribution is 5.76. The Bertz CT molecular complexity index is 1100. The Labute approximate surface area is 424 Å². The van der Waals surface area contributed by atoms with Gasteiger partial charge in [-0.25, -0.2) is 0 Å². The molecule has 0 aliphatic heterocycles. The Morgan fingerprint density at radius 3 is 1.12 bits per heavy atom. The van der Waals surface area contributed by atoms with Gasteiger partial charge in [0.25, 0.3) is 0 Å². The maximum atomic E-state index is 12.5. The molecule has 0 bridgehead atoms. The molecule has 68 heavy (non-hydrogen) atoms. The summed E-state index contributed by atoms with van der Waals surface area (Å²) in [7, 11) is 0. The van der Waals surface area contributed by atoms with Crippen LogP contribution in [0, 0.1) is 0 Å². The fraction of sp³-hybridized carbons (Fsp3) is 0.871. The number of allylic oxidation sites excluding steroid dienone is 5. The first kappa shape index (κ1) is 66.1. The SMILES string of the molecule is CCCCCCCCCCCCCCCCCCCCCCC/C=C/C(O)C(CO)NC(=O)CCCCCCCCC/C=C\C/C=C\CCCCCOC(=O)CCCCCCCCCCCCC. The zero-order chi connectivity index (χ0) is 49.3. The first-order chi connectivity index (χ1) is 33.5. The minimum atomic E-state index is -0.856. The van der Waals surface area contributed by atoms with Crippen LogP contribution in [0.2, 0.25) is 0 Å². The minimum Gasteiger partial charge on any atom is -0.466 e. The molecule has 0 radical (unpaired) electrons. The fourth-order valence-electron chi connectivity index (χ4n) is 9.25. The van der Waals surface area contributed by atoms with Crippen LogP contribution in [-0.2, 0) is 14.3 Å². The normalized spacial score (nSPS) is 12.8. The molecular formula is C62H117NO5. The number of esters is 1. The first-order valence-electron chi connectivity index (χ1n) is 30.3. The predicted molar refractivity (Wildman–Crippen MR) is 296 cm³/mol. The molecule has 0 saturated carbocycles. The number of amides is 1. The monoisotopic (exact) mass is 956 g/mol. The molecule has 0 heterocycles. The second-order valence-corrected chi connectivity index (χ2v) is 20.7. The van der Waals surface area contributed by atoms with Crippen molar-refractivity contribution in [2.75, 3.05) is 13.2 Å². The van der Waals surface area contributed by atoms with Crippen molar-refractivity contribution in [1.29, 1.82) is 0 Å². The number of aliphatic hydroxyl groups is 2. The van der Waals surface area contributed by atoms with E-state index in [1.807, 2.05) is 6.08 Å². The highest BCUT2D eigenvalue weighted by Crippen LogP contribution is 2.17. The number of unbranched alkanes of at least 4 members (excludes halogenated alkanes) is 41. The molecule has 2 atom stereocenters. The van der Waals surface area contributed by atoms with Gasteiger partial charge in [0, 0.05) is 12.8 Å². The van der Waals surface area contributed by atoms with Crippen LogP contribution < -0.4 is 5.32 Å². The van der Waals surface area contributed by atoms with Crippen LogP contribution in [0.5, 0.6) is 0 Å². The largest absolute Gasteiger partial charge is 0.466 e. The van der Waals surface area contributed by atoms with Crippen molar-refractivity contribution in [3.63, 3.8) is 0 Å². The van der Waals surface area contributed by atoms with E-state index < -0.39 is 12.1 Å². The van der Waals surface area contributed by atoms with Crippen molar-refractivity contribution in [1.82, 2.24) is 5.32 Å². The summed E-state index contributed by atoms with van der Waals surface area (Å²) in [6.07, 6.45) is 71.8. The molecule has 0 aromatic rings. The molecule has 6 heteroatoms. The number of nitrogens with one attached hydrogen (secondary N) is 1. The third-order valence-corrected chi connectivity index (χ3v) is 13.9. The van der Waals surface area contributed by atoms with E-state index in [0.717, 1.165) is 83.5 Å². The number of rotatable bonds is 56. The van der Waals surface area contributed by atoms with E-state index in [9.17, 15) is 19.8 Å². The molecule has 2 unspecified atom stereocenters. The Balaban J connectivity index is 3.53. The molecule has 0 aliphatic carbocycles. The predicted octanol–water partition coefficient (Wildman–Crippen LogP) is 18.8. The molecule has 0 fully saturated rings. The number of aliphatic hydroxyl groups excluding tert-OH is 2. The van der Waals surface area contributed by atoms with Gasteiger partial charge in [0.2, 0.25) is 5.91 Å². The summed E-state index contributed by atoms with van der Waals surface area (Å²) in [5, 5.41) is 23.2. The van der Waals surface area contributed by atoms with Crippen molar-refractivity contribution in [2.45, 2.75) is 334 Å². The van der Waals surface area contributed by atoms with Gasteiger partial charge in [0.1, 0.15) is 0 Å². The van der Waals surface area contributed by atoms with E-state index in [-0.39, 0.29) is 18.5 Å². The van der Waals surface area contributed by atoms with Gasteiger partial charge in [-0.3, -0.25) is 9.59 Å². The van der Waals surface area contributed by atoms with Crippen molar-refractivity contribution < 1.29 is 24.5 Å². The van der Waals surface area contributed by atoms with Crippen molar-refractivity contribution in [3.05, 3.63) is 36.5 Å². The highest BCUT2D eigenvalue weighted by Gasteiger charge is 2.18. The van der Waals surface area contributed by atoms with Gasteiger partial charge < -0.3 is 20.3 Å². The molecule has 1 amide bonds. The smallest absolute Gasteiger partial charge is 0.305 e. The van der Waals surface area contributed by atoms with Crippen LogP contribution in [0.15, 0.2) is 36.5 Å². The van der Waals surface area contributed by atoms with Gasteiger partial charge >= 0.3 is 5.97 Å². The van der Waals surface area contributed by atoms with E-state index >= 15 is 0 Å². The average molecular weight is 957 g/mol. The molecule has 400 valence electrons. The second-order valence-electron chi connectivity index (χ2n) is 20.7. The number of hydrogen-bond acceptors (Lipinski definition) is 5. The van der Waals surface area contributed by atoms with E-state index in [4.69, 9.17) is 4.74 Å². The molecule has 3 N–H and O–H groups in total. The lowest BCUT2D eigenvalue weighted by Crippen LogP contribution is -2.45. The summed E-state index contributed by atoms with van der Waals surface area (Å²) in [6, 6.07) is -0.641. The average Bonchev–Trinajstić information content (AvgIpc) is 3.34. The fourth-order valence-corrected chi connectivity index (χ4v) is 9.25. The molecule has 0 saturated heterocycles. The topological polar surface area (TPSA) is 95.9 Å². The van der Waals surface area contributed by atoms with E-state index in [1.165, 1.54) is 212 Å². The van der Waals surface area contributed by atoms with Crippen LogP contribution in [0.1, 0.15) is 322 Å². The van der Waals surface area contributed by atoms with Crippen LogP contribution in [0.4, 0.5) is 0 Å². The minimum absolute atomic E-state index is 0.0166. The van der Waals surface area contributed by atoms with Crippen LogP contribution in [0.25, 0.3) is 0 Å². The summed E-state index contributed by atoms with van der Waals surface area (Å²) >= 11 is 0. The molecular weight excluding hydrogens is 839 g/mol. The molecule has 6 nitrogen and oxygen atoms in total. The highest BCUT2D eigenvalue weighted by atomic mass is 16.5. The van der Waals surface area contributed by atoms with Crippen molar-refractivity contribution in [3.8, 4) is 0 Å². The van der Waals surface area contributed by atoms with E-state index in [1.54, 1.807) is 6.08 Å². The summed E-state index contributed by atoms with van der Waals surface area (Å²) in [4.78, 5) is 24.5. The lowest BCUT2D eigenvalue weighted by molar-refractivity contribution is -0.143. The standard InChI is InChI=1S/C62H117NO5/c1-3-5-7-9-11-13-15-16-17-18-19-20-21-22-23-25-28-31-35-38-42-46-50-54-60(65)59(58-64)63-61(66)55-51-47-43-39-36-32-29-26-24-27-30-33-37-41-45-49-53-57-68-62(67)56-52-48-44-40-34-14-12-10-8-6-4-2/h24,27,33,37,50,54,59-60,64-65H,3-23,25-26,28-32,34-36,38-49,51-53,55-58H2,1-2H3,(H,63,66)/b27-24-,37-33-,54-50+. The number of carbonyl (C=O) groups excluding carboxylic acids is 2. The summed E-state index contributed by atoms with van der Waals surface area (Å²) < 4.78 is 5.44. The van der Waals surface area contributed by atoms with E-state index in [0.29, 0.717) is 19.4 Å². The zero-order valence-electron chi connectivity index (χ0n) is 45.6. The number of carbonyl (C=O) groups is 2. The van der Waals surface area contributed by atoms with Gasteiger partial charge in [-0.15, -0.1) is 0 Å². The maximum absolute atomic E-state index is 12.5. The number of ether oxygens (including phenoxy) is 1. The molecule has 0 aromatic carbocycles. The Hall–Kier alpha value is -1.92. The summed E-state index contributed by atoms with van der Waals surface area (Å²) in [5.41, 5.74) is 0. The molecule has 0 spiro atoms. The lowest BCUT2D eigenvalue weighted by Gasteiger charge is -2.20. The van der Waals surface area contributed by atoms with E-state index in [2.05, 4.69) is 43.5 Å². The van der Waals surface area contributed by atoms with Crippen LogP contribution >= 0.6 is 0 Å².